The number of hydrogen-bond donors (Lipinski definition) is 2. The number of hydrogen-bond acceptors (Lipinski definition) is 7. The summed E-state index contributed by atoms with van der Waals surface area (Å²) in [4.78, 5) is 19.9. The van der Waals surface area contributed by atoms with Gasteiger partial charge in [0.1, 0.15) is 18.2 Å². The van der Waals surface area contributed by atoms with Crippen molar-refractivity contribution in [2.45, 2.75) is 18.1 Å². The molecule has 0 spiro atoms. The van der Waals surface area contributed by atoms with E-state index in [1.807, 2.05) is 0 Å². The Morgan fingerprint density at radius 3 is 2.90 bits per heavy atom. The SMILES string of the molecule is C#CC1(c2cc(NC(=O)c3coc(C(F)F)n3)ccc2F)N=C(N)O[C@@H]2COC[C@@H]21. The summed E-state index contributed by atoms with van der Waals surface area (Å²) in [7, 11) is 0. The van der Waals surface area contributed by atoms with Crippen molar-refractivity contribution in [3.05, 3.63) is 47.4 Å². The van der Waals surface area contributed by atoms with Crippen molar-refractivity contribution in [1.29, 1.82) is 0 Å². The second-order valence-electron chi connectivity index (χ2n) is 6.68. The normalized spacial score (nSPS) is 25.2. The Bertz CT molecular complexity index is 1060. The standard InChI is InChI=1S/C19H15F3N4O4/c1-2-19(11-6-28-8-14(11)30-18(23)26-19)10-5-9(3-4-12(10)20)24-16(27)13-7-29-17(25-13)15(21)22/h1,3-5,7,11,14-15H,6,8H2,(H2,23,26)(H,24,27)/t11-,14+,19?/m0/s1. The topological polar surface area (TPSA) is 112 Å². The zero-order chi connectivity index (χ0) is 21.5. The van der Waals surface area contributed by atoms with Gasteiger partial charge in [0.2, 0.25) is 0 Å². The highest BCUT2D eigenvalue weighted by Crippen LogP contribution is 2.43. The number of aliphatic imine (C=N–C) groups is 1. The molecule has 30 heavy (non-hydrogen) atoms. The third-order valence-electron chi connectivity index (χ3n) is 4.92. The fourth-order valence-electron chi connectivity index (χ4n) is 3.54. The smallest absolute Gasteiger partial charge is 0.313 e. The summed E-state index contributed by atoms with van der Waals surface area (Å²) >= 11 is 0. The maximum Gasteiger partial charge on any atom is 0.313 e. The number of nitrogens with zero attached hydrogens (tertiary/aromatic N) is 2. The van der Waals surface area contributed by atoms with Gasteiger partial charge in [0, 0.05) is 11.3 Å². The van der Waals surface area contributed by atoms with Gasteiger partial charge in [-0.2, -0.15) is 8.78 Å². The molecule has 1 aromatic carbocycles. The maximum absolute atomic E-state index is 14.8. The number of halogens is 3. The Kier molecular flexibility index (Phi) is 4.87. The van der Waals surface area contributed by atoms with Crippen LogP contribution in [0.4, 0.5) is 18.9 Å². The van der Waals surface area contributed by atoms with Gasteiger partial charge in [-0.05, 0) is 18.2 Å². The minimum atomic E-state index is -2.96. The van der Waals surface area contributed by atoms with Crippen LogP contribution in [0, 0.1) is 24.1 Å². The van der Waals surface area contributed by atoms with Crippen molar-refractivity contribution in [1.82, 2.24) is 4.98 Å². The molecular formula is C19H15F3N4O4. The van der Waals surface area contributed by atoms with Crippen LogP contribution >= 0.6 is 0 Å². The average molecular weight is 420 g/mol. The van der Waals surface area contributed by atoms with Crippen molar-refractivity contribution < 1.29 is 31.9 Å². The first-order valence-electron chi connectivity index (χ1n) is 8.76. The van der Waals surface area contributed by atoms with Crippen LogP contribution in [0.25, 0.3) is 0 Å². The van der Waals surface area contributed by atoms with E-state index in [9.17, 15) is 18.0 Å². The maximum atomic E-state index is 14.8. The van der Waals surface area contributed by atoms with Gasteiger partial charge in [-0.25, -0.2) is 14.4 Å². The Labute approximate surface area is 168 Å². The highest BCUT2D eigenvalue weighted by Gasteiger charge is 2.52. The number of alkyl halides is 2. The quantitative estimate of drug-likeness (QED) is 0.734. The van der Waals surface area contributed by atoms with Crippen LogP contribution in [0.3, 0.4) is 0 Å². The van der Waals surface area contributed by atoms with Crippen LogP contribution in [0.1, 0.15) is 28.4 Å². The number of fused-ring (bicyclic) bond motifs is 1. The fourth-order valence-corrected chi connectivity index (χ4v) is 3.54. The Morgan fingerprint density at radius 1 is 1.40 bits per heavy atom. The Balaban J connectivity index is 1.68. The largest absolute Gasteiger partial charge is 0.459 e. The third kappa shape index (κ3) is 3.25. The molecule has 0 aliphatic carbocycles. The van der Waals surface area contributed by atoms with Crippen molar-refractivity contribution in [2.75, 3.05) is 18.5 Å². The molecule has 2 aliphatic rings. The number of carbonyl (C=O) groups is 1. The second kappa shape index (κ2) is 7.38. The molecule has 0 saturated carbocycles. The predicted octanol–water partition coefficient (Wildman–Crippen LogP) is 2.19. The molecule has 8 nitrogen and oxygen atoms in total. The van der Waals surface area contributed by atoms with Crippen molar-refractivity contribution in [3.63, 3.8) is 0 Å². The van der Waals surface area contributed by atoms with E-state index in [1.165, 1.54) is 12.1 Å². The van der Waals surface area contributed by atoms with Crippen LogP contribution in [-0.2, 0) is 15.0 Å². The summed E-state index contributed by atoms with van der Waals surface area (Å²) in [6, 6.07) is 3.49. The molecule has 1 saturated heterocycles. The minimum absolute atomic E-state index is 0.0111. The Morgan fingerprint density at radius 2 is 2.20 bits per heavy atom. The van der Waals surface area contributed by atoms with E-state index in [1.54, 1.807) is 0 Å². The number of nitrogens with one attached hydrogen (secondary N) is 1. The number of terminal acetylenes is 1. The van der Waals surface area contributed by atoms with Crippen LogP contribution in [0.5, 0.6) is 0 Å². The molecule has 1 aromatic heterocycles. The number of anilines is 1. The monoisotopic (exact) mass is 420 g/mol. The summed E-state index contributed by atoms with van der Waals surface area (Å²) in [6.45, 7) is 0.401. The molecule has 4 rings (SSSR count). The summed E-state index contributed by atoms with van der Waals surface area (Å²) in [6.07, 6.45) is 3.10. The molecule has 1 fully saturated rings. The van der Waals surface area contributed by atoms with Gasteiger partial charge in [-0.3, -0.25) is 4.79 Å². The Hall–Kier alpha value is -3.52. The van der Waals surface area contributed by atoms with Crippen LogP contribution in [0.15, 0.2) is 33.9 Å². The van der Waals surface area contributed by atoms with Gasteiger partial charge >= 0.3 is 6.43 Å². The molecule has 3 heterocycles. The second-order valence-corrected chi connectivity index (χ2v) is 6.68. The number of ether oxygens (including phenoxy) is 2. The van der Waals surface area contributed by atoms with Gasteiger partial charge in [0.05, 0.1) is 19.1 Å². The third-order valence-corrected chi connectivity index (χ3v) is 4.92. The first kappa shape index (κ1) is 19.8. The molecular weight excluding hydrogens is 405 g/mol. The van der Waals surface area contributed by atoms with Crippen LogP contribution in [0.2, 0.25) is 0 Å². The lowest BCUT2D eigenvalue weighted by Crippen LogP contribution is -2.48. The summed E-state index contributed by atoms with van der Waals surface area (Å²) < 4.78 is 55.4. The summed E-state index contributed by atoms with van der Waals surface area (Å²) in [5, 5.41) is 2.45. The van der Waals surface area contributed by atoms with Gasteiger partial charge < -0.3 is 24.9 Å². The molecule has 0 radical (unpaired) electrons. The number of carbonyl (C=O) groups excluding carboxylic acids is 1. The van der Waals surface area contributed by atoms with Gasteiger partial charge in [0.25, 0.3) is 17.8 Å². The number of rotatable bonds is 4. The number of amidine groups is 1. The molecule has 2 aromatic rings. The number of oxazole rings is 1. The van der Waals surface area contributed by atoms with Crippen LogP contribution in [-0.4, -0.2) is 36.2 Å². The fraction of sp³-hybridized carbons (Fsp3) is 0.316. The lowest BCUT2D eigenvalue weighted by molar-refractivity contribution is 0.0940. The average Bonchev–Trinajstić information content (AvgIpc) is 3.38. The summed E-state index contributed by atoms with van der Waals surface area (Å²) in [5.74, 6) is -0.365. The highest BCUT2D eigenvalue weighted by atomic mass is 19.3. The minimum Gasteiger partial charge on any atom is -0.459 e. The molecule has 0 bridgehead atoms. The predicted molar refractivity (Wildman–Crippen MR) is 97.1 cm³/mol. The summed E-state index contributed by atoms with van der Waals surface area (Å²) in [5.41, 5.74) is 4.02. The van der Waals surface area contributed by atoms with Gasteiger partial charge in [0.15, 0.2) is 11.2 Å². The molecule has 2 aliphatic heterocycles. The number of aromatic nitrogens is 1. The first-order chi connectivity index (χ1) is 14.3. The van der Waals surface area contributed by atoms with Gasteiger partial charge in [-0.1, -0.05) is 5.92 Å². The molecule has 1 unspecified atom stereocenters. The molecule has 3 N–H and O–H groups in total. The van der Waals surface area contributed by atoms with Crippen LogP contribution < -0.4 is 11.1 Å². The van der Waals surface area contributed by atoms with E-state index < -0.39 is 41.6 Å². The molecule has 3 atom stereocenters. The van der Waals surface area contributed by atoms with E-state index in [2.05, 4.69) is 25.6 Å². The number of nitrogens with two attached hydrogens (primary N) is 1. The lowest BCUT2D eigenvalue weighted by atomic mass is 9.76. The van der Waals surface area contributed by atoms with E-state index in [0.717, 1.165) is 12.3 Å². The van der Waals surface area contributed by atoms with Crippen molar-refractivity contribution in [2.24, 2.45) is 16.6 Å². The van der Waals surface area contributed by atoms with Crippen molar-refractivity contribution in [3.8, 4) is 12.3 Å². The number of benzene rings is 1. The van der Waals surface area contributed by atoms with E-state index >= 15 is 0 Å². The zero-order valence-corrected chi connectivity index (χ0v) is 15.3. The highest BCUT2D eigenvalue weighted by molar-refractivity contribution is 6.02. The van der Waals surface area contributed by atoms with Crippen molar-refractivity contribution >= 4 is 17.6 Å². The lowest BCUT2D eigenvalue weighted by Gasteiger charge is -2.37. The molecule has 156 valence electrons. The first-order valence-corrected chi connectivity index (χ1v) is 8.76. The van der Waals surface area contributed by atoms with Gasteiger partial charge in [-0.15, -0.1) is 6.42 Å². The number of amides is 1. The van der Waals surface area contributed by atoms with E-state index in [4.69, 9.17) is 21.6 Å². The van der Waals surface area contributed by atoms with E-state index in [-0.39, 0.29) is 36.2 Å². The zero-order valence-electron chi connectivity index (χ0n) is 15.3. The van der Waals surface area contributed by atoms with E-state index in [0.29, 0.717) is 0 Å². The molecule has 11 heteroatoms. The molecule has 1 amide bonds.